The van der Waals surface area contributed by atoms with Crippen LogP contribution in [0.2, 0.25) is 0 Å². The maximum absolute atomic E-state index is 12.6. The Labute approximate surface area is 169 Å². The van der Waals surface area contributed by atoms with E-state index < -0.39 is 6.09 Å². The van der Waals surface area contributed by atoms with Gasteiger partial charge in [-0.05, 0) is 26.0 Å². The molecule has 3 rings (SSSR count). The molecule has 156 valence electrons. The van der Waals surface area contributed by atoms with Crippen molar-refractivity contribution in [1.82, 2.24) is 19.5 Å². The average molecular weight is 402 g/mol. The fourth-order valence-corrected chi connectivity index (χ4v) is 4.14. The molecule has 0 saturated heterocycles. The lowest BCUT2D eigenvalue weighted by Gasteiger charge is -2.45. The standard InChI is InChI=1S/C20H27N5O4/c1-5-24(20(27)28)16-10-12(2)25(4,13(3)26)17-7-6-14(11-15(16)17)19-22-18(8-9-21)29-23-19/h6-7,11-12,16H,5,8-10,21H2,1-4H3/p+1/t12-,16+,25?/m0/s1. The minimum Gasteiger partial charge on any atom is -0.465 e. The van der Waals surface area contributed by atoms with Crippen molar-refractivity contribution in [2.75, 3.05) is 20.1 Å². The number of carbonyl (C=O) groups is 2. The number of carbonyl (C=O) groups excluding carboxylic acids is 1. The van der Waals surface area contributed by atoms with Crippen molar-refractivity contribution in [3.8, 4) is 11.4 Å². The van der Waals surface area contributed by atoms with Crippen molar-refractivity contribution in [2.45, 2.75) is 45.7 Å². The topological polar surface area (TPSA) is 123 Å². The van der Waals surface area contributed by atoms with Gasteiger partial charge < -0.3 is 20.3 Å². The summed E-state index contributed by atoms with van der Waals surface area (Å²) >= 11 is 0. The number of quaternary nitrogens is 1. The quantitative estimate of drug-likeness (QED) is 0.737. The van der Waals surface area contributed by atoms with E-state index in [9.17, 15) is 14.7 Å². The summed E-state index contributed by atoms with van der Waals surface area (Å²) in [5.74, 6) is 0.882. The van der Waals surface area contributed by atoms with Crippen LogP contribution in [-0.4, -0.2) is 58.3 Å². The molecule has 2 aromatic rings. The number of amides is 2. The summed E-state index contributed by atoms with van der Waals surface area (Å²) in [6.07, 6.45) is 0.0435. The number of fused-ring (bicyclic) bond motifs is 1. The molecule has 1 aliphatic rings. The molecule has 1 aromatic heterocycles. The Morgan fingerprint density at radius 1 is 1.41 bits per heavy atom. The van der Waals surface area contributed by atoms with Crippen LogP contribution in [-0.2, 0) is 11.2 Å². The van der Waals surface area contributed by atoms with Gasteiger partial charge in [-0.25, -0.2) is 14.1 Å². The van der Waals surface area contributed by atoms with Crippen molar-refractivity contribution in [1.29, 1.82) is 0 Å². The highest BCUT2D eigenvalue weighted by Gasteiger charge is 2.47. The van der Waals surface area contributed by atoms with E-state index in [0.717, 1.165) is 11.3 Å². The molecule has 3 atom stereocenters. The highest BCUT2D eigenvalue weighted by Crippen LogP contribution is 2.45. The van der Waals surface area contributed by atoms with Gasteiger partial charge in [0.05, 0.1) is 26.1 Å². The van der Waals surface area contributed by atoms with E-state index in [-0.39, 0.29) is 22.5 Å². The largest absolute Gasteiger partial charge is 0.465 e. The molecule has 9 nitrogen and oxygen atoms in total. The summed E-state index contributed by atoms with van der Waals surface area (Å²) in [5, 5.41) is 13.7. The third kappa shape index (κ3) is 3.51. The van der Waals surface area contributed by atoms with Crippen LogP contribution >= 0.6 is 0 Å². The molecule has 9 heteroatoms. The zero-order valence-corrected chi connectivity index (χ0v) is 17.3. The maximum atomic E-state index is 12.6. The molecule has 1 aliphatic heterocycles. The molecule has 1 unspecified atom stereocenters. The molecule has 0 spiro atoms. The normalized spacial score (nSPS) is 23.5. The molecule has 0 saturated carbocycles. The number of rotatable bonds is 5. The Balaban J connectivity index is 2.16. The van der Waals surface area contributed by atoms with Gasteiger partial charge in [0.15, 0.2) is 0 Å². The molecule has 3 N–H and O–H groups in total. The highest BCUT2D eigenvalue weighted by atomic mass is 16.5. The van der Waals surface area contributed by atoms with Crippen LogP contribution in [0.4, 0.5) is 10.5 Å². The van der Waals surface area contributed by atoms with Gasteiger partial charge in [-0.3, -0.25) is 0 Å². The van der Waals surface area contributed by atoms with Crippen LogP contribution in [0, 0.1) is 0 Å². The lowest BCUT2D eigenvalue weighted by atomic mass is 9.87. The Bertz CT molecular complexity index is 927. The molecular formula is C20H28N5O4+. The third-order valence-corrected chi connectivity index (χ3v) is 6.03. The Hall–Kier alpha value is -2.78. The number of nitrogens with two attached hydrogens (primary N) is 1. The van der Waals surface area contributed by atoms with E-state index in [1.165, 1.54) is 4.90 Å². The second-order valence-corrected chi connectivity index (χ2v) is 7.59. The Kier molecular flexibility index (Phi) is 5.72. The van der Waals surface area contributed by atoms with Crippen LogP contribution in [0.1, 0.15) is 44.7 Å². The van der Waals surface area contributed by atoms with Crippen LogP contribution in [0.15, 0.2) is 22.7 Å². The zero-order chi connectivity index (χ0) is 21.3. The van der Waals surface area contributed by atoms with Gasteiger partial charge >= 0.3 is 12.0 Å². The molecule has 2 amide bonds. The van der Waals surface area contributed by atoms with Gasteiger partial charge in [0.2, 0.25) is 11.7 Å². The zero-order valence-electron chi connectivity index (χ0n) is 17.3. The monoisotopic (exact) mass is 402 g/mol. The average Bonchev–Trinajstić information content (AvgIpc) is 3.14. The third-order valence-electron chi connectivity index (χ3n) is 6.03. The minimum absolute atomic E-state index is 0.00752. The number of hydrogen-bond donors (Lipinski definition) is 2. The van der Waals surface area contributed by atoms with Crippen LogP contribution in [0.3, 0.4) is 0 Å². The molecular weight excluding hydrogens is 374 g/mol. The first kappa shape index (κ1) is 20.9. The Morgan fingerprint density at radius 2 is 2.14 bits per heavy atom. The number of nitrogens with zero attached hydrogens (tertiary/aromatic N) is 4. The smallest absolute Gasteiger partial charge is 0.407 e. The highest BCUT2D eigenvalue weighted by molar-refractivity contribution is 5.89. The fourth-order valence-electron chi connectivity index (χ4n) is 4.14. The van der Waals surface area contributed by atoms with E-state index >= 15 is 0 Å². The number of benzene rings is 1. The SMILES string of the molecule is CCN(C(=O)O)[C@@H]1C[C@H](C)[N+](C)(C(C)=O)c2ccc(-c3noc(CCN)n3)cc21. The summed E-state index contributed by atoms with van der Waals surface area (Å²) in [6.45, 7) is 6.13. The summed E-state index contributed by atoms with van der Waals surface area (Å²) in [6, 6.07) is 5.19. The molecule has 29 heavy (non-hydrogen) atoms. The lowest BCUT2D eigenvalue weighted by Crippen LogP contribution is -2.60. The van der Waals surface area contributed by atoms with E-state index in [2.05, 4.69) is 10.1 Å². The molecule has 0 fully saturated rings. The first-order valence-electron chi connectivity index (χ1n) is 9.78. The fraction of sp³-hybridized carbons (Fsp3) is 0.500. The summed E-state index contributed by atoms with van der Waals surface area (Å²) < 4.78 is 5.35. The summed E-state index contributed by atoms with van der Waals surface area (Å²) in [4.78, 5) is 30.3. The van der Waals surface area contributed by atoms with Crippen molar-refractivity contribution in [3.63, 3.8) is 0 Å². The summed E-state index contributed by atoms with van der Waals surface area (Å²) in [5.41, 5.74) is 7.86. The predicted octanol–water partition coefficient (Wildman–Crippen LogP) is 2.55. The molecule has 0 aliphatic carbocycles. The van der Waals surface area contributed by atoms with E-state index in [1.807, 2.05) is 39.1 Å². The maximum Gasteiger partial charge on any atom is 0.407 e. The number of hydrogen-bond acceptors (Lipinski definition) is 6. The van der Waals surface area contributed by atoms with Crippen LogP contribution in [0.25, 0.3) is 11.4 Å². The van der Waals surface area contributed by atoms with Gasteiger partial charge in [-0.15, -0.1) is 0 Å². The molecule has 0 bridgehead atoms. The van der Waals surface area contributed by atoms with Crippen molar-refractivity contribution in [2.24, 2.45) is 5.73 Å². The first-order chi connectivity index (χ1) is 13.7. The van der Waals surface area contributed by atoms with Crippen LogP contribution in [0.5, 0.6) is 0 Å². The first-order valence-corrected chi connectivity index (χ1v) is 9.78. The second kappa shape index (κ2) is 7.92. The van der Waals surface area contributed by atoms with Gasteiger partial charge in [-0.2, -0.15) is 4.98 Å². The van der Waals surface area contributed by atoms with Crippen molar-refractivity contribution < 1.29 is 19.2 Å². The van der Waals surface area contributed by atoms with Crippen LogP contribution < -0.4 is 10.2 Å². The van der Waals surface area contributed by atoms with Gasteiger partial charge in [-0.1, -0.05) is 5.16 Å². The molecule has 2 heterocycles. The number of aromatic nitrogens is 2. The summed E-state index contributed by atoms with van der Waals surface area (Å²) in [7, 11) is 1.88. The van der Waals surface area contributed by atoms with E-state index in [0.29, 0.717) is 43.2 Å². The van der Waals surface area contributed by atoms with Gasteiger partial charge in [0.1, 0.15) is 5.69 Å². The van der Waals surface area contributed by atoms with Gasteiger partial charge in [0, 0.05) is 43.1 Å². The number of carboxylic acid groups (broad SMARTS) is 1. The van der Waals surface area contributed by atoms with E-state index in [4.69, 9.17) is 10.3 Å². The van der Waals surface area contributed by atoms with Crippen molar-refractivity contribution in [3.05, 3.63) is 29.7 Å². The second-order valence-electron chi connectivity index (χ2n) is 7.59. The van der Waals surface area contributed by atoms with Gasteiger partial charge in [0.25, 0.3) is 0 Å². The Morgan fingerprint density at radius 3 is 2.72 bits per heavy atom. The predicted molar refractivity (Wildman–Crippen MR) is 108 cm³/mol. The molecule has 1 aromatic carbocycles. The lowest BCUT2D eigenvalue weighted by molar-refractivity contribution is -0.129. The van der Waals surface area contributed by atoms with Crippen molar-refractivity contribution >= 4 is 17.7 Å². The molecule has 0 radical (unpaired) electrons. The minimum atomic E-state index is -0.982. The van der Waals surface area contributed by atoms with E-state index in [1.54, 1.807) is 6.92 Å².